The topological polar surface area (TPSA) is 27.7 Å². The number of rotatable bonds is 18. The summed E-state index contributed by atoms with van der Waals surface area (Å²) in [5, 5.41) is 0. The summed E-state index contributed by atoms with van der Waals surface area (Å²) in [6.07, 6.45) is 20.0. The third-order valence-electron chi connectivity index (χ3n) is 7.75. The molecule has 1 saturated carbocycles. The van der Waals surface area contributed by atoms with Crippen LogP contribution in [0.2, 0.25) is 0 Å². The van der Waals surface area contributed by atoms with Gasteiger partial charge in [-0.3, -0.25) is 4.52 Å². The van der Waals surface area contributed by atoms with Crippen molar-refractivity contribution in [3.63, 3.8) is 0 Å². The lowest BCUT2D eigenvalue weighted by molar-refractivity contribution is 0.138. The van der Waals surface area contributed by atoms with Crippen molar-refractivity contribution in [2.45, 2.75) is 143 Å². The molecule has 0 bridgehead atoms. The highest BCUT2D eigenvalue weighted by molar-refractivity contribution is 7.42. The molecule has 0 unspecified atom stereocenters. The van der Waals surface area contributed by atoms with Gasteiger partial charge in [0, 0.05) is 0 Å². The van der Waals surface area contributed by atoms with Crippen molar-refractivity contribution in [2.24, 2.45) is 0 Å². The Morgan fingerprint density at radius 2 is 1.05 bits per heavy atom. The van der Waals surface area contributed by atoms with E-state index in [4.69, 9.17) is 13.6 Å². The van der Waals surface area contributed by atoms with Crippen LogP contribution in [0.4, 0.5) is 0 Å². The second kappa shape index (κ2) is 17.9. The third kappa shape index (κ3) is 9.87. The maximum absolute atomic E-state index is 6.77. The molecule has 0 radical (unpaired) electrons. The van der Waals surface area contributed by atoms with Gasteiger partial charge in [-0.25, -0.2) is 0 Å². The summed E-state index contributed by atoms with van der Waals surface area (Å²) in [6, 6.07) is 13.2. The number of aryl methyl sites for hydroxylation is 2. The van der Waals surface area contributed by atoms with Gasteiger partial charge in [0.15, 0.2) is 0 Å². The Labute approximate surface area is 235 Å². The van der Waals surface area contributed by atoms with Crippen molar-refractivity contribution in [1.29, 1.82) is 0 Å². The molecule has 0 amide bonds. The molecule has 0 N–H and O–H groups in total. The lowest BCUT2D eigenvalue weighted by Gasteiger charge is -2.27. The summed E-state index contributed by atoms with van der Waals surface area (Å²) in [5.74, 6) is 1.93. The summed E-state index contributed by atoms with van der Waals surface area (Å²) in [7, 11) is -1.55. The van der Waals surface area contributed by atoms with Crippen LogP contribution in [-0.4, -0.2) is 6.10 Å². The molecular formula is C34H53O3P. The molecule has 0 aromatic heterocycles. The monoisotopic (exact) mass is 540 g/mol. The fourth-order valence-electron chi connectivity index (χ4n) is 5.39. The van der Waals surface area contributed by atoms with Gasteiger partial charge in [-0.15, -0.1) is 0 Å². The van der Waals surface area contributed by atoms with Crippen LogP contribution in [0.25, 0.3) is 0 Å². The van der Waals surface area contributed by atoms with E-state index in [9.17, 15) is 0 Å². The molecule has 212 valence electrons. The van der Waals surface area contributed by atoms with E-state index in [1.54, 1.807) is 0 Å². The van der Waals surface area contributed by atoms with E-state index < -0.39 is 8.60 Å². The lowest BCUT2D eigenvalue weighted by Crippen LogP contribution is -2.17. The van der Waals surface area contributed by atoms with Crippen LogP contribution in [0, 0.1) is 0 Å². The van der Waals surface area contributed by atoms with Crippen molar-refractivity contribution in [3.8, 4) is 11.5 Å². The van der Waals surface area contributed by atoms with Gasteiger partial charge < -0.3 is 9.05 Å². The molecule has 0 aliphatic heterocycles. The van der Waals surface area contributed by atoms with Crippen LogP contribution < -0.4 is 9.05 Å². The normalized spacial score (nSPS) is 14.2. The quantitative estimate of drug-likeness (QED) is 0.176. The van der Waals surface area contributed by atoms with E-state index in [2.05, 4.69) is 64.1 Å². The minimum Gasteiger partial charge on any atom is -0.417 e. The Balaban J connectivity index is 1.92. The highest BCUT2D eigenvalue weighted by Crippen LogP contribution is 2.47. The smallest absolute Gasteiger partial charge is 0.417 e. The number of benzene rings is 2. The van der Waals surface area contributed by atoms with Gasteiger partial charge in [0.2, 0.25) is 0 Å². The standard InChI is InChI=1S/C34H53O3P/c1-5-9-18-28-20-16-26-33(31(28)24-11-7-3)36-38(35-30-22-14-13-15-23-30)37-34-27-17-21-29(19-10-6-2)32(34)25-12-8-4/h16-17,20-21,26-27,30H,5-15,18-19,22-25H2,1-4H3. The zero-order valence-corrected chi connectivity index (χ0v) is 25.6. The highest BCUT2D eigenvalue weighted by Gasteiger charge is 2.27. The van der Waals surface area contributed by atoms with Gasteiger partial charge in [-0.05, 0) is 98.6 Å². The Kier molecular flexibility index (Phi) is 14.6. The molecule has 1 aliphatic carbocycles. The zero-order chi connectivity index (χ0) is 27.0. The van der Waals surface area contributed by atoms with Crippen LogP contribution in [0.1, 0.15) is 133 Å². The molecule has 3 nitrogen and oxygen atoms in total. The molecule has 0 atom stereocenters. The molecule has 0 heterocycles. The first-order chi connectivity index (χ1) is 18.7. The molecule has 3 rings (SSSR count). The molecule has 1 fully saturated rings. The maximum Gasteiger partial charge on any atom is 0.463 e. The molecular weight excluding hydrogens is 487 g/mol. The minimum atomic E-state index is -1.55. The molecule has 0 saturated heterocycles. The average molecular weight is 541 g/mol. The van der Waals surface area contributed by atoms with E-state index >= 15 is 0 Å². The highest BCUT2D eigenvalue weighted by atomic mass is 31.2. The fourth-order valence-corrected chi connectivity index (χ4v) is 6.63. The first-order valence-electron chi connectivity index (χ1n) is 15.7. The Morgan fingerprint density at radius 3 is 1.50 bits per heavy atom. The number of hydrogen-bond donors (Lipinski definition) is 0. The van der Waals surface area contributed by atoms with E-state index in [1.165, 1.54) is 92.9 Å². The number of hydrogen-bond acceptors (Lipinski definition) is 3. The third-order valence-corrected chi connectivity index (χ3v) is 8.92. The maximum atomic E-state index is 6.77. The van der Waals surface area contributed by atoms with Crippen molar-refractivity contribution >= 4 is 8.60 Å². The number of unbranched alkanes of at least 4 members (excludes halogenated alkanes) is 4. The van der Waals surface area contributed by atoms with Crippen LogP contribution in [0.15, 0.2) is 36.4 Å². The Morgan fingerprint density at radius 1 is 0.605 bits per heavy atom. The molecule has 2 aromatic rings. The van der Waals surface area contributed by atoms with Crippen molar-refractivity contribution < 1.29 is 13.6 Å². The summed E-state index contributed by atoms with van der Waals surface area (Å²) >= 11 is 0. The van der Waals surface area contributed by atoms with Crippen LogP contribution in [-0.2, 0) is 30.2 Å². The van der Waals surface area contributed by atoms with Crippen LogP contribution in [0.5, 0.6) is 11.5 Å². The largest absolute Gasteiger partial charge is 0.463 e. The van der Waals surface area contributed by atoms with E-state index in [0.717, 1.165) is 50.0 Å². The first-order valence-corrected chi connectivity index (χ1v) is 16.8. The van der Waals surface area contributed by atoms with Crippen LogP contribution >= 0.6 is 8.60 Å². The summed E-state index contributed by atoms with van der Waals surface area (Å²) in [4.78, 5) is 0. The van der Waals surface area contributed by atoms with Gasteiger partial charge in [-0.1, -0.05) is 96.9 Å². The molecule has 2 aromatic carbocycles. The SMILES string of the molecule is CCCCc1cccc(OP(Oc2cccc(CCCC)c2CCCC)OC2CCCCC2)c1CCCC. The second-order valence-corrected chi connectivity index (χ2v) is 12.0. The fraction of sp³-hybridized carbons (Fsp3) is 0.647. The van der Waals surface area contributed by atoms with Crippen molar-refractivity contribution in [1.82, 2.24) is 0 Å². The molecule has 1 aliphatic rings. The van der Waals surface area contributed by atoms with Gasteiger partial charge >= 0.3 is 8.60 Å². The molecule has 38 heavy (non-hydrogen) atoms. The predicted octanol–water partition coefficient (Wildman–Crippen LogP) is 11.1. The van der Waals surface area contributed by atoms with Gasteiger partial charge in [0.05, 0.1) is 6.10 Å². The minimum absolute atomic E-state index is 0.222. The second-order valence-electron chi connectivity index (χ2n) is 11.0. The summed E-state index contributed by atoms with van der Waals surface area (Å²) < 4.78 is 20.2. The van der Waals surface area contributed by atoms with E-state index in [-0.39, 0.29) is 6.10 Å². The predicted molar refractivity (Wildman–Crippen MR) is 163 cm³/mol. The zero-order valence-electron chi connectivity index (χ0n) is 24.7. The molecule has 4 heteroatoms. The summed E-state index contributed by atoms with van der Waals surface area (Å²) in [5.41, 5.74) is 5.56. The Hall–Kier alpha value is -1.57. The molecule has 0 spiro atoms. The van der Waals surface area contributed by atoms with Gasteiger partial charge in [0.1, 0.15) is 11.5 Å². The Bertz CT molecular complexity index is 856. The van der Waals surface area contributed by atoms with E-state index in [1.807, 2.05) is 0 Å². The average Bonchev–Trinajstić information content (AvgIpc) is 2.94. The van der Waals surface area contributed by atoms with Gasteiger partial charge in [0.25, 0.3) is 0 Å². The van der Waals surface area contributed by atoms with Gasteiger partial charge in [-0.2, -0.15) is 0 Å². The van der Waals surface area contributed by atoms with E-state index in [0.29, 0.717) is 0 Å². The first kappa shape index (κ1) is 31.0. The summed E-state index contributed by atoms with van der Waals surface area (Å²) in [6.45, 7) is 9.06. The van der Waals surface area contributed by atoms with Crippen LogP contribution in [0.3, 0.4) is 0 Å². The lowest BCUT2D eigenvalue weighted by atomic mass is 9.97. The van der Waals surface area contributed by atoms with Crippen molar-refractivity contribution in [3.05, 3.63) is 58.7 Å². The van der Waals surface area contributed by atoms with Crippen molar-refractivity contribution in [2.75, 3.05) is 0 Å².